The third kappa shape index (κ3) is 6.02. The first kappa shape index (κ1) is 29.2. The summed E-state index contributed by atoms with van der Waals surface area (Å²) in [5, 5.41) is 0. The fourth-order valence-electron chi connectivity index (χ4n) is 4.09. The van der Waals surface area contributed by atoms with Crippen LogP contribution in [-0.2, 0) is 20.2 Å². The molecule has 0 atom stereocenters. The third-order valence-corrected chi connectivity index (χ3v) is 7.96. The molecule has 0 unspecified atom stereocenters. The number of amides is 2. The van der Waals surface area contributed by atoms with Crippen LogP contribution in [0.4, 0.5) is 5.69 Å². The lowest BCUT2D eigenvalue weighted by Gasteiger charge is -2.25. The first-order valence-electron chi connectivity index (χ1n) is 11.7. The van der Waals surface area contributed by atoms with Crippen molar-refractivity contribution in [2.45, 2.75) is 9.79 Å². The molecule has 0 radical (unpaired) electrons. The van der Waals surface area contributed by atoms with Crippen molar-refractivity contribution in [1.82, 2.24) is 0 Å². The summed E-state index contributed by atoms with van der Waals surface area (Å²) in [6.45, 7) is 0. The molecule has 0 saturated carbocycles. The summed E-state index contributed by atoms with van der Waals surface area (Å²) in [7, 11) is -11.1. The Morgan fingerprint density at radius 1 is 0.537 bits per heavy atom. The molecule has 0 spiro atoms. The Balaban J connectivity index is 2.11. The predicted molar refractivity (Wildman–Crippen MR) is 152 cm³/mol. The zero-order chi connectivity index (χ0) is 29.9. The van der Waals surface area contributed by atoms with E-state index in [9.17, 15) is 35.5 Å². The van der Waals surface area contributed by atoms with Crippen molar-refractivity contribution in [3.63, 3.8) is 0 Å². The van der Waals surface area contributed by atoms with E-state index in [4.69, 9.17) is 11.5 Å². The zero-order valence-electron chi connectivity index (χ0n) is 21.1. The van der Waals surface area contributed by atoms with Gasteiger partial charge in [0.25, 0.3) is 32.1 Å². The zero-order valence-corrected chi connectivity index (χ0v) is 22.7. The fourth-order valence-corrected chi connectivity index (χ4v) is 6.29. The van der Waals surface area contributed by atoms with Crippen molar-refractivity contribution in [2.24, 2.45) is 11.5 Å². The molecule has 41 heavy (non-hydrogen) atoms. The lowest BCUT2D eigenvalue weighted by atomic mass is 10.0. The van der Waals surface area contributed by atoms with E-state index in [2.05, 4.69) is 0 Å². The van der Waals surface area contributed by atoms with E-state index in [1.807, 2.05) is 0 Å². The summed E-state index contributed by atoms with van der Waals surface area (Å²) in [6, 6.07) is 24.5. The molecule has 0 heterocycles. The number of hydrogen-bond donors (Lipinski definition) is 4. The molecule has 4 rings (SSSR count). The largest absolute Gasteiger partial charge is 0.397 e. The highest BCUT2D eigenvalue weighted by molar-refractivity contribution is 7.89. The Hall–Kier alpha value is -4.82. The molecule has 4 aromatic carbocycles. The van der Waals surface area contributed by atoms with Crippen LogP contribution in [0.5, 0.6) is 0 Å². The van der Waals surface area contributed by atoms with Crippen LogP contribution < -0.4 is 16.4 Å². The molecule has 4 aromatic rings. The molecule has 0 fully saturated rings. The van der Waals surface area contributed by atoms with Crippen LogP contribution in [0.2, 0.25) is 0 Å². The minimum absolute atomic E-state index is 0.0664. The molecule has 6 N–H and O–H groups in total. The van der Waals surface area contributed by atoms with Crippen LogP contribution >= 0.6 is 0 Å². The number of anilines is 1. The van der Waals surface area contributed by atoms with Gasteiger partial charge in [0.15, 0.2) is 0 Å². The van der Waals surface area contributed by atoms with Gasteiger partial charge >= 0.3 is 0 Å². The van der Waals surface area contributed by atoms with Crippen LogP contribution in [0.1, 0.15) is 31.8 Å². The fraction of sp³-hybridized carbons (Fsp3) is 0. The van der Waals surface area contributed by atoms with Crippen molar-refractivity contribution < 1.29 is 35.5 Å². The van der Waals surface area contributed by atoms with Gasteiger partial charge in [-0.2, -0.15) is 16.8 Å². The van der Waals surface area contributed by atoms with Crippen LogP contribution in [0.25, 0.3) is 11.4 Å². The lowest BCUT2D eigenvalue weighted by Crippen LogP contribution is -2.38. The molecule has 11 nitrogen and oxygen atoms in total. The SMILES string of the molecule is NC(=C(N)c1ccc(N(C(=O)c2ccccc2)C(=O)c2ccccc2)c(S(=O)(=O)O)c1S(=O)(=O)O)c1ccccc1. The molecule has 210 valence electrons. The summed E-state index contributed by atoms with van der Waals surface area (Å²) >= 11 is 0. The first-order chi connectivity index (χ1) is 19.3. The second-order valence-electron chi connectivity index (χ2n) is 8.61. The van der Waals surface area contributed by atoms with Gasteiger partial charge in [-0.3, -0.25) is 18.7 Å². The van der Waals surface area contributed by atoms with Crippen LogP contribution in [0.15, 0.2) is 113 Å². The number of nitrogens with zero attached hydrogens (tertiary/aromatic N) is 1. The highest BCUT2D eigenvalue weighted by Gasteiger charge is 2.37. The van der Waals surface area contributed by atoms with Gasteiger partial charge in [0.05, 0.1) is 17.1 Å². The standard InChI is InChI=1S/C28H23N3O8S2/c29-23(18-10-4-1-5-11-18)24(30)21-16-17-22(26(41(37,38)39)25(21)40(34,35)36)31(27(32)19-12-6-2-7-13-19)28(33)20-14-8-3-9-15-20/h1-17H,29-30H2,(H,34,35,36)(H,37,38,39). The van der Waals surface area contributed by atoms with Crippen molar-refractivity contribution in [3.8, 4) is 0 Å². The topological polar surface area (TPSA) is 198 Å². The number of imide groups is 1. The molecule has 0 saturated heterocycles. The smallest absolute Gasteiger partial charge is 0.298 e. The summed E-state index contributed by atoms with van der Waals surface area (Å²) in [5.41, 5.74) is 10.4. The predicted octanol–water partition coefficient (Wildman–Crippen LogP) is 3.41. The number of nitrogens with two attached hydrogens (primary N) is 2. The molecule has 0 aromatic heterocycles. The molecule has 0 aliphatic heterocycles. The van der Waals surface area contributed by atoms with Gasteiger partial charge in [-0.25, -0.2) is 4.90 Å². The normalized spacial score (nSPS) is 12.3. The number of rotatable bonds is 7. The molecular weight excluding hydrogens is 570 g/mol. The number of carbonyl (C=O) groups is 2. The van der Waals surface area contributed by atoms with Gasteiger partial charge in [-0.05, 0) is 42.0 Å². The van der Waals surface area contributed by atoms with E-state index >= 15 is 0 Å². The van der Waals surface area contributed by atoms with Crippen molar-refractivity contribution in [1.29, 1.82) is 0 Å². The number of carbonyl (C=O) groups excluding carboxylic acids is 2. The lowest BCUT2D eigenvalue weighted by molar-refractivity contribution is 0.0896. The molecule has 0 aliphatic carbocycles. The molecule has 0 bridgehead atoms. The Bertz CT molecular complexity index is 1830. The van der Waals surface area contributed by atoms with Gasteiger partial charge in [-0.15, -0.1) is 0 Å². The van der Waals surface area contributed by atoms with E-state index in [-0.39, 0.29) is 16.8 Å². The van der Waals surface area contributed by atoms with E-state index in [0.717, 1.165) is 12.1 Å². The molecule has 0 aliphatic rings. The summed E-state index contributed by atoms with van der Waals surface area (Å²) in [5.74, 6) is -2.10. The van der Waals surface area contributed by atoms with Gasteiger partial charge in [0.1, 0.15) is 9.79 Å². The summed E-state index contributed by atoms with van der Waals surface area (Å²) < 4.78 is 71.5. The highest BCUT2D eigenvalue weighted by atomic mass is 32.2. The van der Waals surface area contributed by atoms with Gasteiger partial charge in [0.2, 0.25) is 0 Å². The maximum Gasteiger partial charge on any atom is 0.298 e. The van der Waals surface area contributed by atoms with E-state index in [1.54, 1.807) is 42.5 Å². The second-order valence-corrected chi connectivity index (χ2v) is 11.3. The van der Waals surface area contributed by atoms with Crippen molar-refractivity contribution in [3.05, 3.63) is 125 Å². The van der Waals surface area contributed by atoms with Crippen molar-refractivity contribution >= 4 is 49.1 Å². The van der Waals surface area contributed by atoms with Crippen LogP contribution in [-0.4, -0.2) is 37.8 Å². The van der Waals surface area contributed by atoms with Gasteiger partial charge in [-0.1, -0.05) is 66.7 Å². The van der Waals surface area contributed by atoms with E-state index in [0.29, 0.717) is 10.5 Å². The Morgan fingerprint density at radius 2 is 0.927 bits per heavy atom. The Morgan fingerprint density at radius 3 is 1.32 bits per heavy atom. The second kappa shape index (κ2) is 11.3. The number of benzene rings is 4. The van der Waals surface area contributed by atoms with E-state index < -0.39 is 58.8 Å². The first-order valence-corrected chi connectivity index (χ1v) is 14.6. The average molecular weight is 594 g/mol. The maximum absolute atomic E-state index is 13.7. The average Bonchev–Trinajstić information content (AvgIpc) is 2.96. The molecule has 2 amide bonds. The number of hydrogen-bond acceptors (Lipinski definition) is 8. The third-order valence-electron chi connectivity index (χ3n) is 5.96. The highest BCUT2D eigenvalue weighted by Crippen LogP contribution is 2.38. The van der Waals surface area contributed by atoms with Gasteiger partial charge < -0.3 is 11.5 Å². The van der Waals surface area contributed by atoms with E-state index in [1.165, 1.54) is 48.5 Å². The maximum atomic E-state index is 13.7. The summed E-state index contributed by atoms with van der Waals surface area (Å²) in [4.78, 5) is 24.9. The minimum atomic E-state index is -5.57. The minimum Gasteiger partial charge on any atom is -0.397 e. The molecule has 13 heteroatoms. The van der Waals surface area contributed by atoms with Crippen LogP contribution in [0.3, 0.4) is 0 Å². The van der Waals surface area contributed by atoms with Crippen LogP contribution in [0, 0.1) is 0 Å². The van der Waals surface area contributed by atoms with Gasteiger partial charge in [0, 0.05) is 16.7 Å². The quantitative estimate of drug-likeness (QED) is 0.140. The van der Waals surface area contributed by atoms with Crippen molar-refractivity contribution in [2.75, 3.05) is 4.90 Å². The summed E-state index contributed by atoms with van der Waals surface area (Å²) in [6.07, 6.45) is 0. The Kier molecular flexibility index (Phi) is 8.07. The monoisotopic (exact) mass is 593 g/mol. The molecular formula is C28H23N3O8S2. The Labute approximate surface area is 235 Å².